The van der Waals surface area contributed by atoms with Gasteiger partial charge in [-0.15, -0.1) is 0 Å². The first-order valence-electron chi connectivity index (χ1n) is 22.9. The number of nitrogens with zero attached hydrogens (tertiary/aromatic N) is 4. The zero-order valence-electron chi connectivity index (χ0n) is 40.2. The highest BCUT2D eigenvalue weighted by molar-refractivity contribution is 6.09. The maximum Gasteiger partial charge on any atom is 0.137 e. The molecule has 5 nitrogen and oxygen atoms in total. The number of aromatic nitrogens is 2. The van der Waals surface area contributed by atoms with E-state index in [0.29, 0.717) is 6.67 Å². The van der Waals surface area contributed by atoms with Gasteiger partial charge in [-0.2, -0.15) is 0 Å². The van der Waals surface area contributed by atoms with Crippen molar-refractivity contribution in [1.29, 1.82) is 0 Å². The Kier molecular flexibility index (Phi) is 10.4. The van der Waals surface area contributed by atoms with Crippen LogP contribution in [0, 0.1) is 6.92 Å². The van der Waals surface area contributed by atoms with E-state index in [2.05, 4.69) is 238 Å². The van der Waals surface area contributed by atoms with Gasteiger partial charge in [0, 0.05) is 46.0 Å². The van der Waals surface area contributed by atoms with Gasteiger partial charge in [0.2, 0.25) is 0 Å². The number of rotatable bonds is 6. The van der Waals surface area contributed by atoms with Crippen molar-refractivity contribution in [2.45, 2.75) is 112 Å². The first kappa shape index (κ1) is 42.9. The van der Waals surface area contributed by atoms with Crippen molar-refractivity contribution in [3.63, 3.8) is 0 Å². The van der Waals surface area contributed by atoms with Gasteiger partial charge in [-0.3, -0.25) is 4.57 Å². The van der Waals surface area contributed by atoms with Crippen LogP contribution in [0.25, 0.3) is 38.8 Å². The number of anilines is 4. The molecule has 0 atom stereocenters. The molecule has 0 unspecified atom stereocenters. The molecule has 6 aromatic carbocycles. The summed E-state index contributed by atoms with van der Waals surface area (Å²) in [6.07, 6.45) is 2.02. The lowest BCUT2D eigenvalue weighted by molar-refractivity contribution is 0.483. The Morgan fingerprint density at radius 1 is 0.469 bits per heavy atom. The second kappa shape index (κ2) is 15.4. The molecule has 0 N–H and O–H groups in total. The normalized spacial score (nSPS) is 13.6. The summed E-state index contributed by atoms with van der Waals surface area (Å²) in [6, 6.07) is 48.9. The maximum absolute atomic E-state index is 6.82. The smallest absolute Gasteiger partial charge is 0.137 e. The Hall–Kier alpha value is -6.33. The third kappa shape index (κ3) is 8.06. The highest BCUT2D eigenvalue weighted by atomic mass is 16.5. The molecule has 0 saturated carbocycles. The average molecular weight is 845 g/mol. The average Bonchev–Trinajstić information content (AvgIpc) is 3.78. The predicted molar refractivity (Wildman–Crippen MR) is 272 cm³/mol. The number of hydrogen-bond donors (Lipinski definition) is 0. The summed E-state index contributed by atoms with van der Waals surface area (Å²) < 4.78 is 9.09. The molecule has 0 saturated heterocycles. The molecular weight excluding hydrogens is 781 g/mol. The molecule has 9 rings (SSSR count). The lowest BCUT2D eigenvalue weighted by Crippen LogP contribution is -2.25. The van der Waals surface area contributed by atoms with E-state index in [0.717, 1.165) is 45.0 Å². The van der Waals surface area contributed by atoms with Crippen molar-refractivity contribution >= 4 is 44.6 Å². The van der Waals surface area contributed by atoms with Gasteiger partial charge in [-0.1, -0.05) is 144 Å². The molecule has 8 aromatic rings. The van der Waals surface area contributed by atoms with Crippen LogP contribution < -0.4 is 14.5 Å². The summed E-state index contributed by atoms with van der Waals surface area (Å²) in [5.74, 6) is 2.44. The molecule has 0 amide bonds. The fraction of sp³-hybridized carbons (Fsp3) is 0.305. The third-order valence-electron chi connectivity index (χ3n) is 13.1. The van der Waals surface area contributed by atoms with Crippen molar-refractivity contribution in [3.8, 4) is 28.4 Å². The summed E-state index contributed by atoms with van der Waals surface area (Å²) in [6.45, 7) is 30.3. The van der Waals surface area contributed by atoms with Gasteiger partial charge in [-0.25, -0.2) is 4.98 Å². The van der Waals surface area contributed by atoms with Crippen LogP contribution in [0.15, 0.2) is 140 Å². The third-order valence-corrected chi connectivity index (χ3v) is 13.1. The van der Waals surface area contributed by atoms with Crippen molar-refractivity contribution in [2.24, 2.45) is 0 Å². The SMILES string of the molecule is Cc1cc(-n2c3ccccc3c3ccc(Oc4cccc(N5CN(c6cc(C(C)(C)C)cc(C(C)(C)C)c6)c6ccc(C(C)(C)C)cc65)c4)cc32)ncc1-c1ccc(C(C)(C)C)cc1. The number of benzene rings is 6. The largest absolute Gasteiger partial charge is 0.457 e. The quantitative estimate of drug-likeness (QED) is 0.167. The van der Waals surface area contributed by atoms with Crippen molar-refractivity contribution in [2.75, 3.05) is 16.5 Å². The van der Waals surface area contributed by atoms with Crippen LogP contribution in [-0.4, -0.2) is 16.2 Å². The first-order chi connectivity index (χ1) is 30.1. The van der Waals surface area contributed by atoms with Gasteiger partial charge in [-0.05, 0) is 123 Å². The molecule has 2 aromatic heterocycles. The van der Waals surface area contributed by atoms with Crippen LogP contribution in [0.3, 0.4) is 0 Å². The van der Waals surface area contributed by atoms with Crippen molar-refractivity contribution in [3.05, 3.63) is 167 Å². The summed E-state index contributed by atoms with van der Waals surface area (Å²) in [7, 11) is 0. The molecular formula is C59H64N4O. The fourth-order valence-electron chi connectivity index (χ4n) is 9.03. The second-order valence-electron chi connectivity index (χ2n) is 22.0. The molecule has 64 heavy (non-hydrogen) atoms. The minimum absolute atomic E-state index is 0.000367. The van der Waals surface area contributed by atoms with E-state index in [1.807, 2.05) is 6.20 Å². The molecule has 5 heteroatoms. The summed E-state index contributed by atoms with van der Waals surface area (Å²) in [5, 5.41) is 2.34. The molecule has 0 bridgehead atoms. The Labute approximate surface area is 381 Å². The van der Waals surface area contributed by atoms with Crippen LogP contribution in [0.2, 0.25) is 0 Å². The lowest BCUT2D eigenvalue weighted by Gasteiger charge is -2.29. The fourth-order valence-corrected chi connectivity index (χ4v) is 9.03. The zero-order valence-corrected chi connectivity index (χ0v) is 40.2. The minimum atomic E-state index is 0.000367. The van der Waals surface area contributed by atoms with Gasteiger partial charge < -0.3 is 14.5 Å². The maximum atomic E-state index is 6.82. The number of aryl methyl sites for hydroxylation is 1. The van der Waals surface area contributed by atoms with E-state index in [4.69, 9.17) is 9.72 Å². The summed E-state index contributed by atoms with van der Waals surface area (Å²) in [5.41, 5.74) is 15.8. The first-order valence-corrected chi connectivity index (χ1v) is 22.9. The van der Waals surface area contributed by atoms with E-state index >= 15 is 0 Å². The second-order valence-corrected chi connectivity index (χ2v) is 22.0. The molecule has 1 aliphatic heterocycles. The van der Waals surface area contributed by atoms with E-state index in [1.54, 1.807) is 0 Å². The lowest BCUT2D eigenvalue weighted by atomic mass is 9.80. The Bertz CT molecular complexity index is 3020. The Morgan fingerprint density at radius 2 is 1.08 bits per heavy atom. The minimum Gasteiger partial charge on any atom is -0.457 e. The van der Waals surface area contributed by atoms with Crippen LogP contribution >= 0.6 is 0 Å². The van der Waals surface area contributed by atoms with E-state index in [9.17, 15) is 0 Å². The molecule has 0 spiro atoms. The highest BCUT2D eigenvalue weighted by Crippen LogP contribution is 2.48. The summed E-state index contributed by atoms with van der Waals surface area (Å²) >= 11 is 0. The Balaban J connectivity index is 1.08. The van der Waals surface area contributed by atoms with E-state index < -0.39 is 0 Å². The van der Waals surface area contributed by atoms with E-state index in [1.165, 1.54) is 55.8 Å². The van der Waals surface area contributed by atoms with Gasteiger partial charge in [0.25, 0.3) is 0 Å². The zero-order chi connectivity index (χ0) is 45.5. The van der Waals surface area contributed by atoms with E-state index in [-0.39, 0.29) is 21.7 Å². The summed E-state index contributed by atoms with van der Waals surface area (Å²) in [4.78, 5) is 10.0. The molecule has 1 aliphatic rings. The van der Waals surface area contributed by atoms with Crippen LogP contribution in [0.1, 0.15) is 111 Å². The molecule has 326 valence electrons. The van der Waals surface area contributed by atoms with Crippen LogP contribution in [0.5, 0.6) is 11.5 Å². The highest BCUT2D eigenvalue weighted by Gasteiger charge is 2.32. The van der Waals surface area contributed by atoms with Gasteiger partial charge in [0.15, 0.2) is 0 Å². The molecule has 3 heterocycles. The number of hydrogen-bond acceptors (Lipinski definition) is 4. The standard InChI is InChI=1S/C59H64N4O/c1-38-29-55(60-36-50(38)39-21-23-40(24-22-39)56(2,3)4)63-51-20-15-14-19-48(51)49-27-26-47(35-53(49)63)64-46-18-16-17-44(34-46)61-37-62(52-28-25-41(33-54(52)61)57(5,6)7)45-31-42(58(8,9)10)30-43(32-45)59(11,12)13/h14-36H,37H2,1-13H3. The number of fused-ring (bicyclic) bond motifs is 4. The molecule has 0 radical (unpaired) electrons. The van der Waals surface area contributed by atoms with Gasteiger partial charge >= 0.3 is 0 Å². The van der Waals surface area contributed by atoms with Gasteiger partial charge in [0.05, 0.1) is 22.4 Å². The number of para-hydroxylation sites is 1. The van der Waals surface area contributed by atoms with Crippen LogP contribution in [0.4, 0.5) is 22.7 Å². The molecule has 0 fully saturated rings. The van der Waals surface area contributed by atoms with Crippen molar-refractivity contribution < 1.29 is 4.74 Å². The molecule has 0 aliphatic carbocycles. The van der Waals surface area contributed by atoms with Crippen molar-refractivity contribution in [1.82, 2.24) is 9.55 Å². The topological polar surface area (TPSA) is 33.5 Å². The van der Waals surface area contributed by atoms with Crippen LogP contribution in [-0.2, 0) is 21.7 Å². The Morgan fingerprint density at radius 3 is 1.73 bits per heavy atom. The predicted octanol–water partition coefficient (Wildman–Crippen LogP) is 16.4. The number of pyridine rings is 1. The number of ether oxygens (including phenoxy) is 1. The monoisotopic (exact) mass is 845 g/mol. The van der Waals surface area contributed by atoms with Gasteiger partial charge in [0.1, 0.15) is 24.0 Å².